The minimum absolute atomic E-state index is 0.252. The smallest absolute Gasteiger partial charge is 0.165 e. The van der Waals surface area contributed by atoms with E-state index in [0.29, 0.717) is 6.04 Å². The van der Waals surface area contributed by atoms with E-state index in [9.17, 15) is 4.39 Å². The maximum Gasteiger partial charge on any atom is 0.165 e. The van der Waals surface area contributed by atoms with Gasteiger partial charge in [0.2, 0.25) is 0 Å². The molecule has 5 heteroatoms. The van der Waals surface area contributed by atoms with Crippen molar-refractivity contribution in [2.24, 2.45) is 7.05 Å². The molecule has 20 heavy (non-hydrogen) atoms. The largest absolute Gasteiger partial charge is 0.494 e. The first-order valence-corrected chi connectivity index (χ1v) is 6.77. The standard InChI is InChI=1S/C15H18FN3O/c1-19-9-11(8-17-12-4-5-12)15(18-19)10-3-6-14(20-2)13(16)7-10/h3,6-7,9,12,17H,4-5,8H2,1-2H3. The van der Waals surface area contributed by atoms with Gasteiger partial charge < -0.3 is 10.1 Å². The van der Waals surface area contributed by atoms with Crippen molar-refractivity contribution in [3.05, 3.63) is 35.8 Å². The number of nitrogens with zero attached hydrogens (tertiary/aromatic N) is 2. The molecule has 1 aromatic carbocycles. The van der Waals surface area contributed by atoms with Crippen LogP contribution >= 0.6 is 0 Å². The molecule has 0 amide bonds. The van der Waals surface area contributed by atoms with Crippen molar-refractivity contribution in [2.75, 3.05) is 7.11 Å². The van der Waals surface area contributed by atoms with Gasteiger partial charge in [-0.3, -0.25) is 4.68 Å². The monoisotopic (exact) mass is 275 g/mol. The highest BCUT2D eigenvalue weighted by Crippen LogP contribution is 2.27. The van der Waals surface area contributed by atoms with Crippen LogP contribution in [0.3, 0.4) is 0 Å². The fraction of sp³-hybridized carbons (Fsp3) is 0.400. The molecule has 4 nitrogen and oxygen atoms in total. The number of hydrogen-bond donors (Lipinski definition) is 1. The number of methoxy groups -OCH3 is 1. The van der Waals surface area contributed by atoms with Gasteiger partial charge in [0, 0.05) is 37.0 Å². The molecule has 1 saturated carbocycles. The van der Waals surface area contributed by atoms with Crippen molar-refractivity contribution in [2.45, 2.75) is 25.4 Å². The number of rotatable bonds is 5. The Labute approximate surface area is 117 Å². The van der Waals surface area contributed by atoms with E-state index in [-0.39, 0.29) is 11.6 Å². The Morgan fingerprint density at radius 3 is 2.90 bits per heavy atom. The maximum absolute atomic E-state index is 13.8. The molecular formula is C15H18FN3O. The molecule has 0 radical (unpaired) electrons. The highest BCUT2D eigenvalue weighted by Gasteiger charge is 2.21. The summed E-state index contributed by atoms with van der Waals surface area (Å²) in [5.41, 5.74) is 2.68. The summed E-state index contributed by atoms with van der Waals surface area (Å²) in [6.07, 6.45) is 4.46. The van der Waals surface area contributed by atoms with Gasteiger partial charge in [0.25, 0.3) is 0 Å². The molecule has 1 N–H and O–H groups in total. The second-order valence-corrected chi connectivity index (χ2v) is 5.18. The van der Waals surface area contributed by atoms with Gasteiger partial charge in [-0.1, -0.05) is 0 Å². The van der Waals surface area contributed by atoms with Gasteiger partial charge in [-0.2, -0.15) is 5.10 Å². The second kappa shape index (κ2) is 5.25. The molecular weight excluding hydrogens is 257 g/mol. The van der Waals surface area contributed by atoms with Gasteiger partial charge in [0.1, 0.15) is 0 Å². The average Bonchev–Trinajstić information content (AvgIpc) is 3.19. The molecule has 1 aromatic heterocycles. The molecule has 1 aliphatic rings. The lowest BCUT2D eigenvalue weighted by atomic mass is 10.1. The number of benzene rings is 1. The van der Waals surface area contributed by atoms with E-state index in [1.165, 1.54) is 26.0 Å². The maximum atomic E-state index is 13.8. The first-order valence-electron chi connectivity index (χ1n) is 6.77. The van der Waals surface area contributed by atoms with Gasteiger partial charge in [-0.05, 0) is 31.0 Å². The third-order valence-electron chi connectivity index (χ3n) is 3.49. The van der Waals surface area contributed by atoms with E-state index in [1.54, 1.807) is 10.7 Å². The number of ether oxygens (including phenoxy) is 1. The number of nitrogens with one attached hydrogen (secondary N) is 1. The average molecular weight is 275 g/mol. The Bertz CT molecular complexity index is 620. The highest BCUT2D eigenvalue weighted by molar-refractivity contribution is 5.63. The summed E-state index contributed by atoms with van der Waals surface area (Å²) in [6.45, 7) is 0.765. The molecule has 0 bridgehead atoms. The fourth-order valence-electron chi connectivity index (χ4n) is 2.27. The Kier molecular flexibility index (Phi) is 3.44. The Morgan fingerprint density at radius 1 is 1.45 bits per heavy atom. The third kappa shape index (κ3) is 2.67. The van der Waals surface area contributed by atoms with Crippen LogP contribution in [0.5, 0.6) is 5.75 Å². The van der Waals surface area contributed by atoms with Crippen molar-refractivity contribution in [3.63, 3.8) is 0 Å². The molecule has 1 heterocycles. The fourth-order valence-corrected chi connectivity index (χ4v) is 2.27. The molecule has 0 atom stereocenters. The molecule has 1 fully saturated rings. The van der Waals surface area contributed by atoms with Crippen LogP contribution in [0.4, 0.5) is 4.39 Å². The second-order valence-electron chi connectivity index (χ2n) is 5.18. The molecule has 1 aliphatic carbocycles. The Balaban J connectivity index is 1.89. The molecule has 0 saturated heterocycles. The molecule has 0 unspecified atom stereocenters. The van der Waals surface area contributed by atoms with Crippen molar-refractivity contribution in [3.8, 4) is 17.0 Å². The number of aryl methyl sites for hydroxylation is 1. The lowest BCUT2D eigenvalue weighted by molar-refractivity contribution is 0.386. The van der Waals surface area contributed by atoms with Crippen LogP contribution in [0, 0.1) is 5.82 Å². The Hall–Kier alpha value is -1.88. The summed E-state index contributed by atoms with van der Waals surface area (Å²) in [7, 11) is 3.34. The normalized spacial score (nSPS) is 14.6. The SMILES string of the molecule is COc1ccc(-c2nn(C)cc2CNC2CC2)cc1F. The van der Waals surface area contributed by atoms with E-state index in [0.717, 1.165) is 23.4 Å². The van der Waals surface area contributed by atoms with E-state index < -0.39 is 0 Å². The Morgan fingerprint density at radius 2 is 2.25 bits per heavy atom. The molecule has 0 spiro atoms. The van der Waals surface area contributed by atoms with E-state index in [4.69, 9.17) is 4.74 Å². The quantitative estimate of drug-likeness (QED) is 0.911. The van der Waals surface area contributed by atoms with Crippen molar-refractivity contribution in [1.29, 1.82) is 0 Å². The van der Waals surface area contributed by atoms with Crippen LogP contribution in [0.1, 0.15) is 18.4 Å². The van der Waals surface area contributed by atoms with E-state index >= 15 is 0 Å². The summed E-state index contributed by atoms with van der Waals surface area (Å²) in [4.78, 5) is 0. The molecule has 3 rings (SSSR count). The van der Waals surface area contributed by atoms with Gasteiger partial charge in [0.15, 0.2) is 11.6 Å². The van der Waals surface area contributed by atoms with Crippen LogP contribution in [-0.2, 0) is 13.6 Å². The van der Waals surface area contributed by atoms with Crippen molar-refractivity contribution < 1.29 is 9.13 Å². The van der Waals surface area contributed by atoms with Gasteiger partial charge in [0.05, 0.1) is 12.8 Å². The lowest BCUT2D eigenvalue weighted by Crippen LogP contribution is -2.15. The zero-order chi connectivity index (χ0) is 14.1. The van der Waals surface area contributed by atoms with Crippen LogP contribution in [0.2, 0.25) is 0 Å². The van der Waals surface area contributed by atoms with Gasteiger partial charge >= 0.3 is 0 Å². The van der Waals surface area contributed by atoms with Crippen LogP contribution < -0.4 is 10.1 Å². The third-order valence-corrected chi connectivity index (χ3v) is 3.49. The zero-order valence-electron chi connectivity index (χ0n) is 11.7. The summed E-state index contributed by atoms with van der Waals surface area (Å²) in [5, 5.41) is 7.91. The topological polar surface area (TPSA) is 39.1 Å². The predicted molar refractivity (Wildman–Crippen MR) is 75.0 cm³/mol. The first-order chi connectivity index (χ1) is 9.67. The van der Waals surface area contributed by atoms with Crippen molar-refractivity contribution in [1.82, 2.24) is 15.1 Å². The summed E-state index contributed by atoms with van der Waals surface area (Å²) in [6, 6.07) is 5.58. The summed E-state index contributed by atoms with van der Waals surface area (Å²) >= 11 is 0. The minimum atomic E-state index is -0.364. The molecule has 2 aromatic rings. The zero-order valence-corrected chi connectivity index (χ0v) is 11.7. The number of aromatic nitrogens is 2. The van der Waals surface area contributed by atoms with Gasteiger partial charge in [-0.25, -0.2) is 4.39 Å². The molecule has 0 aliphatic heterocycles. The molecule has 106 valence electrons. The first kappa shape index (κ1) is 13.1. The van der Waals surface area contributed by atoms with Crippen LogP contribution in [0.25, 0.3) is 11.3 Å². The van der Waals surface area contributed by atoms with Gasteiger partial charge in [-0.15, -0.1) is 0 Å². The highest BCUT2D eigenvalue weighted by atomic mass is 19.1. The lowest BCUT2D eigenvalue weighted by Gasteiger charge is -2.06. The summed E-state index contributed by atoms with van der Waals surface area (Å²) < 4.78 is 20.5. The van der Waals surface area contributed by atoms with Crippen LogP contribution in [-0.4, -0.2) is 22.9 Å². The number of hydrogen-bond acceptors (Lipinski definition) is 3. The van der Waals surface area contributed by atoms with Crippen LogP contribution in [0.15, 0.2) is 24.4 Å². The predicted octanol–water partition coefficient (Wildman–Crippen LogP) is 2.49. The van der Waals surface area contributed by atoms with Crippen molar-refractivity contribution >= 4 is 0 Å². The number of halogens is 1. The minimum Gasteiger partial charge on any atom is -0.494 e. The van der Waals surface area contributed by atoms with E-state index in [2.05, 4.69) is 10.4 Å². The summed E-state index contributed by atoms with van der Waals surface area (Å²) in [5.74, 6) is -0.112. The van der Waals surface area contributed by atoms with E-state index in [1.807, 2.05) is 19.3 Å².